The molecule has 4 rings (SSSR count). The summed E-state index contributed by atoms with van der Waals surface area (Å²) in [7, 11) is 1.49. The maximum absolute atomic E-state index is 12.8. The van der Waals surface area contributed by atoms with Crippen molar-refractivity contribution in [2.75, 3.05) is 12.4 Å². The zero-order chi connectivity index (χ0) is 25.7. The molecule has 0 spiro atoms. The highest BCUT2D eigenvalue weighted by atomic mass is 16.6. The number of nitrogens with zero attached hydrogens (tertiary/aromatic N) is 3. The highest BCUT2D eigenvalue weighted by molar-refractivity contribution is 6.03. The number of non-ortho nitro benzene ring substituents is 1. The van der Waals surface area contributed by atoms with Gasteiger partial charge in [-0.25, -0.2) is 4.68 Å². The Balaban J connectivity index is 1.48. The number of nitro benzene ring substituents is 1. The Morgan fingerprint density at radius 3 is 2.53 bits per heavy atom. The van der Waals surface area contributed by atoms with E-state index < -0.39 is 10.8 Å². The van der Waals surface area contributed by atoms with Crippen LogP contribution in [0.1, 0.15) is 21.6 Å². The van der Waals surface area contributed by atoms with Gasteiger partial charge < -0.3 is 19.5 Å². The second kappa shape index (κ2) is 10.6. The van der Waals surface area contributed by atoms with Gasteiger partial charge in [-0.05, 0) is 43.7 Å². The minimum absolute atomic E-state index is 0.116. The summed E-state index contributed by atoms with van der Waals surface area (Å²) in [5, 5.41) is 18.3. The molecule has 1 amide bonds. The van der Waals surface area contributed by atoms with Crippen molar-refractivity contribution < 1.29 is 23.9 Å². The van der Waals surface area contributed by atoms with Crippen LogP contribution in [0.2, 0.25) is 0 Å². The predicted octanol–water partition coefficient (Wildman–Crippen LogP) is 5.50. The van der Waals surface area contributed by atoms with Crippen LogP contribution in [0.25, 0.3) is 0 Å². The number of ether oxygens (including phenoxy) is 3. The van der Waals surface area contributed by atoms with E-state index in [1.54, 1.807) is 30.5 Å². The molecule has 0 aliphatic heterocycles. The van der Waals surface area contributed by atoms with Crippen LogP contribution in [0.15, 0.2) is 72.9 Å². The third-order valence-electron chi connectivity index (χ3n) is 5.21. The van der Waals surface area contributed by atoms with Crippen molar-refractivity contribution in [3.05, 3.63) is 99.9 Å². The Morgan fingerprint density at radius 1 is 1.03 bits per heavy atom. The quantitative estimate of drug-likeness (QED) is 0.244. The Bertz CT molecular complexity index is 1420. The number of aromatic nitrogens is 2. The number of amides is 1. The lowest BCUT2D eigenvalue weighted by Gasteiger charge is -2.11. The molecule has 184 valence electrons. The van der Waals surface area contributed by atoms with Crippen molar-refractivity contribution in [2.45, 2.75) is 20.6 Å². The van der Waals surface area contributed by atoms with Gasteiger partial charge in [-0.1, -0.05) is 29.8 Å². The fourth-order valence-corrected chi connectivity index (χ4v) is 3.50. The predicted molar refractivity (Wildman–Crippen MR) is 133 cm³/mol. The molecule has 1 heterocycles. The lowest BCUT2D eigenvalue weighted by Crippen LogP contribution is -2.14. The van der Waals surface area contributed by atoms with Gasteiger partial charge in [0.2, 0.25) is 0 Å². The maximum atomic E-state index is 12.8. The molecule has 0 aliphatic carbocycles. The summed E-state index contributed by atoms with van der Waals surface area (Å²) >= 11 is 0. The second-order valence-electron chi connectivity index (χ2n) is 7.96. The Morgan fingerprint density at radius 2 is 1.81 bits per heavy atom. The molecule has 1 aromatic heterocycles. The second-order valence-corrected chi connectivity index (χ2v) is 7.96. The van der Waals surface area contributed by atoms with Gasteiger partial charge in [-0.15, -0.1) is 0 Å². The summed E-state index contributed by atoms with van der Waals surface area (Å²) < 4.78 is 18.3. The van der Waals surface area contributed by atoms with E-state index in [9.17, 15) is 14.9 Å². The summed E-state index contributed by atoms with van der Waals surface area (Å²) in [6.45, 7) is 4.07. The first-order valence-corrected chi connectivity index (χ1v) is 11.0. The van der Waals surface area contributed by atoms with Crippen molar-refractivity contribution >= 4 is 17.3 Å². The SMILES string of the molecule is COc1ccccc1Oc1cc(NC(=O)c2ccn(COc3ccc(C)cc3C)n2)cc([N+](=O)[O-])c1. The lowest BCUT2D eigenvalue weighted by atomic mass is 10.1. The van der Waals surface area contributed by atoms with Crippen LogP contribution in [0, 0.1) is 24.0 Å². The van der Waals surface area contributed by atoms with Crippen molar-refractivity contribution in [3.63, 3.8) is 0 Å². The number of benzene rings is 3. The van der Waals surface area contributed by atoms with E-state index in [-0.39, 0.29) is 29.5 Å². The molecule has 0 saturated heterocycles. The van der Waals surface area contributed by atoms with Crippen LogP contribution < -0.4 is 19.5 Å². The lowest BCUT2D eigenvalue weighted by molar-refractivity contribution is -0.384. The van der Waals surface area contributed by atoms with Crippen LogP contribution in [-0.4, -0.2) is 27.7 Å². The van der Waals surface area contributed by atoms with Crippen molar-refractivity contribution in [1.29, 1.82) is 0 Å². The topological polar surface area (TPSA) is 118 Å². The minimum Gasteiger partial charge on any atom is -0.493 e. The summed E-state index contributed by atoms with van der Waals surface area (Å²) in [6, 6.07) is 18.3. The van der Waals surface area contributed by atoms with Crippen molar-refractivity contribution in [2.24, 2.45) is 0 Å². The van der Waals surface area contributed by atoms with Gasteiger partial charge in [0.25, 0.3) is 11.6 Å². The van der Waals surface area contributed by atoms with E-state index in [1.165, 1.54) is 36.1 Å². The highest BCUT2D eigenvalue weighted by Crippen LogP contribution is 2.34. The third-order valence-corrected chi connectivity index (χ3v) is 5.21. The van der Waals surface area contributed by atoms with E-state index in [0.29, 0.717) is 11.5 Å². The van der Waals surface area contributed by atoms with Crippen LogP contribution in [0.4, 0.5) is 11.4 Å². The van der Waals surface area contributed by atoms with Crippen LogP contribution >= 0.6 is 0 Å². The number of anilines is 1. The fourth-order valence-electron chi connectivity index (χ4n) is 3.50. The zero-order valence-electron chi connectivity index (χ0n) is 19.9. The number of para-hydroxylation sites is 2. The van der Waals surface area contributed by atoms with Crippen LogP contribution in [-0.2, 0) is 6.73 Å². The van der Waals surface area contributed by atoms with E-state index >= 15 is 0 Å². The number of rotatable bonds is 9. The molecule has 0 unspecified atom stereocenters. The summed E-state index contributed by atoms with van der Waals surface area (Å²) in [5.41, 5.74) is 2.19. The van der Waals surface area contributed by atoms with Gasteiger partial charge in [-0.3, -0.25) is 14.9 Å². The molecule has 0 bridgehead atoms. The molecule has 10 heteroatoms. The smallest absolute Gasteiger partial charge is 0.276 e. The largest absolute Gasteiger partial charge is 0.493 e. The van der Waals surface area contributed by atoms with Gasteiger partial charge >= 0.3 is 0 Å². The standard InChI is InChI=1S/C26H24N4O6/c1-17-8-9-23(18(2)12-17)35-16-29-11-10-22(28-29)26(31)27-19-13-20(30(32)33)15-21(14-19)36-25-7-5-4-6-24(25)34-3/h4-15H,16H2,1-3H3,(H,27,31). The third kappa shape index (κ3) is 5.79. The number of hydrogen-bond acceptors (Lipinski definition) is 7. The number of nitro groups is 1. The zero-order valence-corrected chi connectivity index (χ0v) is 19.9. The number of methoxy groups -OCH3 is 1. The number of aryl methyl sites for hydroxylation is 2. The summed E-state index contributed by atoms with van der Waals surface area (Å²) in [4.78, 5) is 23.7. The summed E-state index contributed by atoms with van der Waals surface area (Å²) in [6.07, 6.45) is 1.61. The first-order valence-electron chi connectivity index (χ1n) is 11.0. The Hall–Kier alpha value is -4.86. The van der Waals surface area contributed by atoms with E-state index in [0.717, 1.165) is 16.9 Å². The Labute approximate surface area is 207 Å². The molecule has 3 aromatic carbocycles. The number of carbonyl (C=O) groups excluding carboxylic acids is 1. The fraction of sp³-hybridized carbons (Fsp3) is 0.154. The van der Waals surface area contributed by atoms with Gasteiger partial charge in [0.1, 0.15) is 11.5 Å². The van der Waals surface area contributed by atoms with Crippen molar-refractivity contribution in [3.8, 4) is 23.0 Å². The first kappa shape index (κ1) is 24.3. The molecule has 10 nitrogen and oxygen atoms in total. The molecule has 0 saturated carbocycles. The molecule has 1 N–H and O–H groups in total. The molecular formula is C26H24N4O6. The van der Waals surface area contributed by atoms with E-state index in [4.69, 9.17) is 14.2 Å². The van der Waals surface area contributed by atoms with Gasteiger partial charge in [0.05, 0.1) is 23.8 Å². The molecule has 36 heavy (non-hydrogen) atoms. The number of nitrogens with one attached hydrogen (secondary N) is 1. The normalized spacial score (nSPS) is 10.5. The number of carbonyl (C=O) groups is 1. The monoisotopic (exact) mass is 488 g/mol. The van der Waals surface area contributed by atoms with Crippen molar-refractivity contribution in [1.82, 2.24) is 9.78 Å². The van der Waals surface area contributed by atoms with Gasteiger partial charge in [0.15, 0.2) is 23.9 Å². The average Bonchev–Trinajstić information content (AvgIpc) is 3.33. The van der Waals surface area contributed by atoms with Crippen LogP contribution in [0.3, 0.4) is 0 Å². The highest BCUT2D eigenvalue weighted by Gasteiger charge is 2.16. The van der Waals surface area contributed by atoms with E-state index in [2.05, 4.69) is 10.4 Å². The molecule has 0 fully saturated rings. The Kier molecular flexibility index (Phi) is 7.15. The first-order chi connectivity index (χ1) is 17.3. The van der Waals surface area contributed by atoms with Gasteiger partial charge in [0, 0.05) is 18.3 Å². The average molecular weight is 489 g/mol. The minimum atomic E-state index is -0.566. The summed E-state index contributed by atoms with van der Waals surface area (Å²) in [5.74, 6) is 1.19. The molecule has 0 aliphatic rings. The molecule has 0 radical (unpaired) electrons. The van der Waals surface area contributed by atoms with Crippen LogP contribution in [0.5, 0.6) is 23.0 Å². The molecule has 4 aromatic rings. The van der Waals surface area contributed by atoms with E-state index in [1.807, 2.05) is 32.0 Å². The number of hydrogen-bond donors (Lipinski definition) is 1. The van der Waals surface area contributed by atoms with Gasteiger partial charge in [-0.2, -0.15) is 5.10 Å². The molecule has 0 atom stereocenters. The molecular weight excluding hydrogens is 464 g/mol. The maximum Gasteiger partial charge on any atom is 0.276 e.